The van der Waals surface area contributed by atoms with Crippen LogP contribution in [0.25, 0.3) is 0 Å². The van der Waals surface area contributed by atoms with Crippen LogP contribution in [0.15, 0.2) is 35.4 Å². The molecule has 1 aliphatic carbocycles. The average Bonchev–Trinajstić information content (AvgIpc) is 2.69. The molecule has 0 saturated heterocycles. The van der Waals surface area contributed by atoms with Crippen molar-refractivity contribution >= 4 is 0 Å². The van der Waals surface area contributed by atoms with Gasteiger partial charge in [-0.1, -0.05) is 35.1 Å². The molecule has 0 saturated carbocycles. The third kappa shape index (κ3) is 4.67. The van der Waals surface area contributed by atoms with Crippen LogP contribution in [0.2, 0.25) is 0 Å². The van der Waals surface area contributed by atoms with E-state index in [0.717, 1.165) is 25.3 Å². The Kier molecular flexibility index (Phi) is 6.73. The van der Waals surface area contributed by atoms with Crippen LogP contribution >= 0.6 is 0 Å². The van der Waals surface area contributed by atoms with Gasteiger partial charge in [0.25, 0.3) is 0 Å². The number of hydrogen-bond acceptors (Lipinski definition) is 4. The van der Waals surface area contributed by atoms with Crippen molar-refractivity contribution in [3.8, 4) is 17.6 Å². The van der Waals surface area contributed by atoms with E-state index >= 15 is 0 Å². The van der Waals surface area contributed by atoms with E-state index in [-0.39, 0.29) is 6.10 Å². The van der Waals surface area contributed by atoms with E-state index in [1.807, 2.05) is 6.92 Å². The molecule has 140 valence electrons. The van der Waals surface area contributed by atoms with Gasteiger partial charge in [0, 0.05) is 12.6 Å². The molecule has 0 aromatic heterocycles. The molecule has 2 atom stereocenters. The summed E-state index contributed by atoms with van der Waals surface area (Å²) >= 11 is 0. The lowest BCUT2D eigenvalue weighted by Crippen LogP contribution is -2.43. The molecule has 0 bridgehead atoms. The Morgan fingerprint density at radius 2 is 1.96 bits per heavy atom. The zero-order valence-corrected chi connectivity index (χ0v) is 16.0. The summed E-state index contributed by atoms with van der Waals surface area (Å²) in [7, 11) is 1.71. The molecule has 1 aromatic carbocycles. The molecule has 1 aliphatic heterocycles. The predicted molar refractivity (Wildman–Crippen MR) is 105 cm³/mol. The summed E-state index contributed by atoms with van der Waals surface area (Å²) in [6.07, 6.45) is 7.19. The van der Waals surface area contributed by atoms with Gasteiger partial charge < -0.3 is 4.74 Å². The van der Waals surface area contributed by atoms with Gasteiger partial charge in [-0.15, -0.1) is 0 Å². The quantitative estimate of drug-likeness (QED) is 0.500. The molecule has 0 spiro atoms. The zero-order chi connectivity index (χ0) is 18.4. The Labute approximate surface area is 157 Å². The van der Waals surface area contributed by atoms with Gasteiger partial charge in [-0.05, 0) is 63.1 Å². The topological polar surface area (TPSA) is 47.7 Å². The maximum absolute atomic E-state index is 5.29. The van der Waals surface area contributed by atoms with E-state index in [4.69, 9.17) is 15.5 Å². The summed E-state index contributed by atoms with van der Waals surface area (Å²) in [6, 6.07) is 8.93. The van der Waals surface area contributed by atoms with Crippen LogP contribution in [0.3, 0.4) is 0 Å². The molecule has 4 heteroatoms. The first-order valence-electron chi connectivity index (χ1n) is 9.63. The van der Waals surface area contributed by atoms with E-state index in [9.17, 15) is 0 Å². The highest BCUT2D eigenvalue weighted by atomic mass is 16.6. The average molecular weight is 354 g/mol. The molecule has 2 aliphatic rings. The first-order chi connectivity index (χ1) is 12.7. The van der Waals surface area contributed by atoms with Gasteiger partial charge in [-0.3, -0.25) is 9.74 Å². The summed E-state index contributed by atoms with van der Waals surface area (Å²) in [5.74, 6) is 12.5. The van der Waals surface area contributed by atoms with Gasteiger partial charge in [0.1, 0.15) is 11.9 Å². The highest BCUT2D eigenvalue weighted by Crippen LogP contribution is 2.36. The lowest BCUT2D eigenvalue weighted by atomic mass is 9.80. The van der Waals surface area contributed by atoms with Crippen LogP contribution in [0.1, 0.15) is 44.6 Å². The SMILES string of the molecule is COc1ccc(CC2C3=C(CCCC3)CCN2CC#C[C@H](C)ON)cc1. The van der Waals surface area contributed by atoms with Crippen LogP contribution in [-0.4, -0.2) is 37.2 Å². The van der Waals surface area contributed by atoms with Crippen LogP contribution in [0.5, 0.6) is 5.75 Å². The maximum atomic E-state index is 5.29. The van der Waals surface area contributed by atoms with Gasteiger partial charge >= 0.3 is 0 Å². The summed E-state index contributed by atoms with van der Waals surface area (Å²) < 4.78 is 5.29. The van der Waals surface area contributed by atoms with Crippen molar-refractivity contribution in [2.75, 3.05) is 20.2 Å². The van der Waals surface area contributed by atoms with Crippen molar-refractivity contribution < 1.29 is 9.57 Å². The monoisotopic (exact) mass is 354 g/mol. The second-order valence-electron chi connectivity index (χ2n) is 7.22. The number of nitrogens with zero attached hydrogens (tertiary/aromatic N) is 1. The fourth-order valence-corrected chi connectivity index (χ4v) is 4.09. The van der Waals surface area contributed by atoms with Gasteiger partial charge in [0.05, 0.1) is 13.7 Å². The molecule has 1 aromatic rings. The third-order valence-corrected chi connectivity index (χ3v) is 5.55. The first kappa shape index (κ1) is 19.0. The number of nitrogens with two attached hydrogens (primary N) is 1. The van der Waals surface area contributed by atoms with Crippen molar-refractivity contribution in [2.45, 2.75) is 57.6 Å². The Morgan fingerprint density at radius 1 is 1.19 bits per heavy atom. The molecule has 2 N–H and O–H groups in total. The smallest absolute Gasteiger partial charge is 0.136 e. The summed E-state index contributed by atoms with van der Waals surface area (Å²) in [4.78, 5) is 7.29. The highest BCUT2D eigenvalue weighted by molar-refractivity contribution is 5.32. The number of hydrogen-bond donors (Lipinski definition) is 1. The predicted octanol–water partition coefficient (Wildman–Crippen LogP) is 3.46. The Balaban J connectivity index is 1.78. The van der Waals surface area contributed by atoms with E-state index in [2.05, 4.69) is 41.0 Å². The van der Waals surface area contributed by atoms with E-state index in [0.29, 0.717) is 6.04 Å². The van der Waals surface area contributed by atoms with Gasteiger partial charge in [0.15, 0.2) is 0 Å². The van der Waals surface area contributed by atoms with Crippen LogP contribution < -0.4 is 10.6 Å². The minimum atomic E-state index is -0.218. The van der Waals surface area contributed by atoms with Crippen LogP contribution in [0.4, 0.5) is 0 Å². The molecule has 0 radical (unpaired) electrons. The van der Waals surface area contributed by atoms with Crippen LogP contribution in [0, 0.1) is 11.8 Å². The summed E-state index contributed by atoms with van der Waals surface area (Å²) in [5.41, 5.74) is 4.73. The van der Waals surface area contributed by atoms with Crippen molar-refractivity contribution in [3.63, 3.8) is 0 Å². The molecule has 4 nitrogen and oxygen atoms in total. The minimum absolute atomic E-state index is 0.218. The lowest BCUT2D eigenvalue weighted by molar-refractivity contribution is 0.106. The van der Waals surface area contributed by atoms with E-state index in [1.165, 1.54) is 37.7 Å². The maximum Gasteiger partial charge on any atom is 0.136 e. The molecule has 26 heavy (non-hydrogen) atoms. The molecule has 0 amide bonds. The van der Waals surface area contributed by atoms with Crippen molar-refractivity contribution in [2.24, 2.45) is 5.90 Å². The first-order valence-corrected chi connectivity index (χ1v) is 9.63. The number of methoxy groups -OCH3 is 1. The van der Waals surface area contributed by atoms with E-state index in [1.54, 1.807) is 18.3 Å². The number of ether oxygens (including phenoxy) is 1. The molecule has 1 heterocycles. The van der Waals surface area contributed by atoms with E-state index < -0.39 is 0 Å². The van der Waals surface area contributed by atoms with Gasteiger partial charge in [0.2, 0.25) is 0 Å². The minimum Gasteiger partial charge on any atom is -0.497 e. The molecule has 0 fully saturated rings. The second kappa shape index (κ2) is 9.23. The Bertz CT molecular complexity index is 684. The highest BCUT2D eigenvalue weighted by Gasteiger charge is 2.30. The van der Waals surface area contributed by atoms with Crippen molar-refractivity contribution in [3.05, 3.63) is 41.0 Å². The van der Waals surface area contributed by atoms with Gasteiger partial charge in [-0.25, -0.2) is 5.90 Å². The molecular weight excluding hydrogens is 324 g/mol. The molecular formula is C22H30N2O2. The summed E-state index contributed by atoms with van der Waals surface area (Å²) in [6.45, 7) is 3.73. The standard InChI is InChI=1S/C22H30N2O2/c1-17(26-23)6-5-14-24-15-13-19-7-3-4-8-21(19)22(24)16-18-9-11-20(25-2)12-10-18/h9-12,17,22H,3-4,7-8,13-16,23H2,1-2H3/t17-,22?/m0/s1. The lowest BCUT2D eigenvalue weighted by Gasteiger charge is -2.40. The molecule has 3 rings (SSSR count). The van der Waals surface area contributed by atoms with Crippen molar-refractivity contribution in [1.29, 1.82) is 0 Å². The normalized spacial score (nSPS) is 21.6. The second-order valence-corrected chi connectivity index (χ2v) is 7.22. The van der Waals surface area contributed by atoms with Crippen molar-refractivity contribution in [1.82, 2.24) is 4.90 Å². The fraction of sp³-hybridized carbons (Fsp3) is 0.545. The molecule has 1 unspecified atom stereocenters. The Morgan fingerprint density at radius 3 is 2.69 bits per heavy atom. The fourth-order valence-electron chi connectivity index (χ4n) is 4.09. The Hall–Kier alpha value is -1.80. The summed E-state index contributed by atoms with van der Waals surface area (Å²) in [5, 5.41) is 0. The van der Waals surface area contributed by atoms with Crippen LogP contribution in [-0.2, 0) is 11.3 Å². The third-order valence-electron chi connectivity index (χ3n) is 5.55. The zero-order valence-electron chi connectivity index (χ0n) is 16.0. The number of rotatable bonds is 5. The van der Waals surface area contributed by atoms with Gasteiger partial charge in [-0.2, -0.15) is 0 Å². The largest absolute Gasteiger partial charge is 0.497 e. The number of benzene rings is 1.